The smallest absolute Gasteiger partial charge is 0.408 e. The van der Waals surface area contributed by atoms with Gasteiger partial charge in [0.1, 0.15) is 26.4 Å². The minimum Gasteiger partial charge on any atom is -0.446 e. The molecule has 12 heavy (non-hydrogen) atoms. The van der Waals surface area contributed by atoms with Gasteiger partial charge in [-0.25, -0.2) is 0 Å². The molecule has 66 valence electrons. The molecule has 6 heteroatoms. The summed E-state index contributed by atoms with van der Waals surface area (Å²) < 4.78 is 19.7. The third-order valence-electron chi connectivity index (χ3n) is 1.28. The molecule has 6 nitrogen and oxygen atoms in total. The Kier molecular flexibility index (Phi) is 1.98. The van der Waals surface area contributed by atoms with Crippen molar-refractivity contribution >= 4 is 12.2 Å². The first-order valence-corrected chi connectivity index (χ1v) is 3.62. The molecule has 0 saturated carbocycles. The van der Waals surface area contributed by atoms with E-state index in [0.717, 1.165) is 0 Å². The standard InChI is InChI=1S/C6H8N2O4/c1-2-10-5(9-1)7-8-6-11-3-4-12-6/h1-4H2. The van der Waals surface area contributed by atoms with Crippen molar-refractivity contribution in [3.05, 3.63) is 0 Å². The lowest BCUT2D eigenvalue weighted by atomic mass is 10.8. The molecule has 2 aliphatic rings. The molecule has 0 unspecified atom stereocenters. The van der Waals surface area contributed by atoms with Crippen LogP contribution < -0.4 is 0 Å². The highest BCUT2D eigenvalue weighted by molar-refractivity contribution is 5.72. The first-order chi connectivity index (χ1) is 5.95. The van der Waals surface area contributed by atoms with Gasteiger partial charge in [0, 0.05) is 0 Å². The van der Waals surface area contributed by atoms with E-state index in [4.69, 9.17) is 18.9 Å². The van der Waals surface area contributed by atoms with E-state index in [2.05, 4.69) is 10.2 Å². The zero-order valence-electron chi connectivity index (χ0n) is 6.36. The lowest BCUT2D eigenvalue weighted by Crippen LogP contribution is -1.99. The van der Waals surface area contributed by atoms with Crippen LogP contribution in [0, 0.1) is 0 Å². The van der Waals surface area contributed by atoms with Gasteiger partial charge in [-0.3, -0.25) is 0 Å². The molecule has 0 spiro atoms. The van der Waals surface area contributed by atoms with Crippen LogP contribution in [0.2, 0.25) is 0 Å². The van der Waals surface area contributed by atoms with Crippen molar-refractivity contribution in [1.82, 2.24) is 0 Å². The van der Waals surface area contributed by atoms with Crippen LogP contribution in [0.1, 0.15) is 0 Å². The van der Waals surface area contributed by atoms with Gasteiger partial charge >= 0.3 is 12.2 Å². The van der Waals surface area contributed by atoms with Crippen LogP contribution >= 0.6 is 0 Å². The molecule has 0 N–H and O–H groups in total. The molecule has 2 aliphatic heterocycles. The number of rotatable bonds is 1. The van der Waals surface area contributed by atoms with Gasteiger partial charge in [0.15, 0.2) is 0 Å². The van der Waals surface area contributed by atoms with E-state index in [-0.39, 0.29) is 12.2 Å². The molecule has 0 atom stereocenters. The second kappa shape index (κ2) is 3.29. The van der Waals surface area contributed by atoms with Crippen molar-refractivity contribution < 1.29 is 18.9 Å². The first-order valence-electron chi connectivity index (χ1n) is 3.62. The minimum atomic E-state index is 0.168. The molecule has 2 saturated heterocycles. The maximum Gasteiger partial charge on any atom is 0.408 e. The summed E-state index contributed by atoms with van der Waals surface area (Å²) in [6.45, 7) is 2.08. The molecule has 0 aromatic heterocycles. The Morgan fingerprint density at radius 1 is 0.667 bits per heavy atom. The maximum absolute atomic E-state index is 4.92. The topological polar surface area (TPSA) is 61.6 Å². The van der Waals surface area contributed by atoms with Crippen LogP contribution in [0.5, 0.6) is 0 Å². The van der Waals surface area contributed by atoms with Gasteiger partial charge in [-0.05, 0) is 0 Å². The van der Waals surface area contributed by atoms with E-state index in [1.54, 1.807) is 0 Å². The average molecular weight is 172 g/mol. The quantitative estimate of drug-likeness (QED) is 0.510. The molecular weight excluding hydrogens is 164 g/mol. The van der Waals surface area contributed by atoms with Gasteiger partial charge in [0.05, 0.1) is 0 Å². The number of hydrogen-bond acceptors (Lipinski definition) is 6. The molecule has 0 aliphatic carbocycles. The van der Waals surface area contributed by atoms with Gasteiger partial charge in [-0.1, -0.05) is 10.2 Å². The molecule has 0 aromatic rings. The van der Waals surface area contributed by atoms with Crippen molar-refractivity contribution in [3.63, 3.8) is 0 Å². The Balaban J connectivity index is 1.93. The molecular formula is C6H8N2O4. The highest BCUT2D eigenvalue weighted by Crippen LogP contribution is 2.00. The minimum absolute atomic E-state index is 0.168. The SMILES string of the molecule is C1COC(=NN=C2OCCO2)O1. The Hall–Kier alpha value is -1.46. The van der Waals surface area contributed by atoms with E-state index in [9.17, 15) is 0 Å². The Bertz CT molecular complexity index is 186. The van der Waals surface area contributed by atoms with Crippen LogP contribution in [-0.2, 0) is 18.9 Å². The summed E-state index contributed by atoms with van der Waals surface area (Å²) in [5.41, 5.74) is 0. The molecule has 0 radical (unpaired) electrons. The van der Waals surface area contributed by atoms with E-state index >= 15 is 0 Å². The highest BCUT2D eigenvalue weighted by atomic mass is 16.7. The zero-order valence-corrected chi connectivity index (χ0v) is 6.36. The van der Waals surface area contributed by atoms with E-state index < -0.39 is 0 Å². The third kappa shape index (κ3) is 1.58. The van der Waals surface area contributed by atoms with Crippen molar-refractivity contribution in [1.29, 1.82) is 0 Å². The Morgan fingerprint density at radius 2 is 1.00 bits per heavy atom. The fraction of sp³-hybridized carbons (Fsp3) is 0.667. The Morgan fingerprint density at radius 3 is 1.33 bits per heavy atom. The van der Waals surface area contributed by atoms with Crippen molar-refractivity contribution in [3.8, 4) is 0 Å². The lowest BCUT2D eigenvalue weighted by molar-refractivity contribution is 0.322. The van der Waals surface area contributed by atoms with Crippen molar-refractivity contribution in [2.75, 3.05) is 26.4 Å². The lowest BCUT2D eigenvalue weighted by Gasteiger charge is -1.92. The summed E-state index contributed by atoms with van der Waals surface area (Å²) in [7, 11) is 0. The fourth-order valence-corrected chi connectivity index (χ4v) is 0.796. The molecule has 0 aromatic carbocycles. The van der Waals surface area contributed by atoms with Gasteiger partial charge in [0.25, 0.3) is 0 Å². The first kappa shape index (κ1) is 7.20. The second-order valence-corrected chi connectivity index (χ2v) is 2.13. The second-order valence-electron chi connectivity index (χ2n) is 2.13. The van der Waals surface area contributed by atoms with Gasteiger partial charge in [-0.15, -0.1) is 0 Å². The molecule has 0 amide bonds. The zero-order chi connectivity index (χ0) is 8.23. The van der Waals surface area contributed by atoms with E-state index in [1.165, 1.54) is 0 Å². The van der Waals surface area contributed by atoms with E-state index in [0.29, 0.717) is 26.4 Å². The summed E-state index contributed by atoms with van der Waals surface area (Å²) in [5, 5.41) is 7.23. The monoisotopic (exact) mass is 172 g/mol. The highest BCUT2D eigenvalue weighted by Gasteiger charge is 2.13. The third-order valence-corrected chi connectivity index (χ3v) is 1.28. The number of ether oxygens (including phenoxy) is 4. The van der Waals surface area contributed by atoms with Crippen LogP contribution in [0.15, 0.2) is 10.2 Å². The predicted molar refractivity (Wildman–Crippen MR) is 38.7 cm³/mol. The van der Waals surface area contributed by atoms with Crippen molar-refractivity contribution in [2.24, 2.45) is 10.2 Å². The summed E-state index contributed by atoms with van der Waals surface area (Å²) in [4.78, 5) is 0. The largest absolute Gasteiger partial charge is 0.446 e. The summed E-state index contributed by atoms with van der Waals surface area (Å²) in [6.07, 6.45) is 0.336. The van der Waals surface area contributed by atoms with Crippen LogP contribution in [0.25, 0.3) is 0 Å². The predicted octanol–water partition coefficient (Wildman–Crippen LogP) is -0.293. The molecule has 2 heterocycles. The van der Waals surface area contributed by atoms with E-state index in [1.807, 2.05) is 0 Å². The average Bonchev–Trinajstić information content (AvgIpc) is 2.74. The van der Waals surface area contributed by atoms with Gasteiger partial charge < -0.3 is 18.9 Å². The van der Waals surface area contributed by atoms with Crippen LogP contribution in [0.4, 0.5) is 0 Å². The van der Waals surface area contributed by atoms with Gasteiger partial charge in [0.2, 0.25) is 0 Å². The molecule has 2 fully saturated rings. The summed E-state index contributed by atoms with van der Waals surface area (Å²) in [5.74, 6) is 0. The molecule has 0 bridgehead atoms. The summed E-state index contributed by atoms with van der Waals surface area (Å²) >= 11 is 0. The van der Waals surface area contributed by atoms with Crippen molar-refractivity contribution in [2.45, 2.75) is 0 Å². The molecule has 2 rings (SSSR count). The van der Waals surface area contributed by atoms with Gasteiger partial charge in [-0.2, -0.15) is 0 Å². The number of nitrogens with zero attached hydrogens (tertiary/aromatic N) is 2. The fourth-order valence-electron chi connectivity index (χ4n) is 0.796. The summed E-state index contributed by atoms with van der Waals surface area (Å²) in [6, 6.07) is 0. The normalized spacial score (nSPS) is 20.7. The number of hydrogen-bond donors (Lipinski definition) is 0. The Labute approximate surface area is 68.8 Å². The maximum atomic E-state index is 4.92. The van der Waals surface area contributed by atoms with Crippen LogP contribution in [0.3, 0.4) is 0 Å². The van der Waals surface area contributed by atoms with Crippen LogP contribution in [-0.4, -0.2) is 38.6 Å².